The zero-order valence-corrected chi connectivity index (χ0v) is 11.0. The summed E-state index contributed by atoms with van der Waals surface area (Å²) in [5, 5.41) is 3.77. The Bertz CT molecular complexity index is 585. The first-order valence-electron chi connectivity index (χ1n) is 5.12. The Labute approximate surface area is 114 Å². The monoisotopic (exact) mass is 281 g/mol. The van der Waals surface area contributed by atoms with Crippen molar-refractivity contribution in [3.05, 3.63) is 45.8 Å². The Hall–Kier alpha value is -1.65. The van der Waals surface area contributed by atoms with E-state index < -0.39 is 0 Å². The number of anilines is 2. The van der Waals surface area contributed by atoms with Gasteiger partial charge in [0.1, 0.15) is 16.8 Å². The molecule has 1 N–H and O–H groups in total. The number of carbonyl (C=O) groups excluding carboxylic acids is 1. The quantitative estimate of drug-likeness (QED) is 0.689. The Balaban J connectivity index is 2.39. The average Bonchev–Trinajstić information content (AvgIpc) is 2.32. The van der Waals surface area contributed by atoms with Crippen LogP contribution in [0.5, 0.6) is 0 Å². The molecule has 4 nitrogen and oxygen atoms in total. The van der Waals surface area contributed by atoms with Gasteiger partial charge in [-0.25, -0.2) is 9.97 Å². The number of carbonyl (C=O) groups is 1. The summed E-state index contributed by atoms with van der Waals surface area (Å²) in [6.07, 6.45) is 0.625. The molecule has 0 spiro atoms. The van der Waals surface area contributed by atoms with Crippen molar-refractivity contribution in [2.24, 2.45) is 0 Å². The molecular formula is C12H9Cl2N3O. The van der Waals surface area contributed by atoms with Gasteiger partial charge in [-0.2, -0.15) is 0 Å². The van der Waals surface area contributed by atoms with Crippen molar-refractivity contribution in [3.8, 4) is 0 Å². The second kappa shape index (κ2) is 5.33. The summed E-state index contributed by atoms with van der Waals surface area (Å²) in [6.45, 7) is 1.70. The van der Waals surface area contributed by atoms with Crippen LogP contribution in [0.2, 0.25) is 10.2 Å². The number of benzene rings is 1. The highest BCUT2D eigenvalue weighted by Gasteiger charge is 2.11. The average molecular weight is 282 g/mol. The van der Waals surface area contributed by atoms with Crippen molar-refractivity contribution in [2.45, 2.75) is 6.92 Å². The third kappa shape index (κ3) is 2.78. The maximum atomic E-state index is 11.0. The van der Waals surface area contributed by atoms with Crippen LogP contribution in [0, 0.1) is 6.92 Å². The molecule has 18 heavy (non-hydrogen) atoms. The molecule has 2 aromatic rings. The third-order valence-electron chi connectivity index (χ3n) is 2.24. The number of hydrogen-bond acceptors (Lipinski definition) is 4. The zero-order chi connectivity index (χ0) is 13.1. The maximum absolute atomic E-state index is 11.0. The van der Waals surface area contributed by atoms with Crippen LogP contribution in [0.25, 0.3) is 0 Å². The fourth-order valence-electron chi connectivity index (χ4n) is 1.42. The van der Waals surface area contributed by atoms with Crippen molar-refractivity contribution < 1.29 is 4.79 Å². The molecule has 0 unspecified atom stereocenters. The predicted octanol–water partition coefficient (Wildman–Crippen LogP) is 3.65. The number of hydrogen-bond donors (Lipinski definition) is 1. The summed E-state index contributed by atoms with van der Waals surface area (Å²) >= 11 is 11.7. The third-order valence-corrected chi connectivity index (χ3v) is 2.78. The Kier molecular flexibility index (Phi) is 3.79. The van der Waals surface area contributed by atoms with E-state index in [1.54, 1.807) is 31.2 Å². The Morgan fingerprint density at radius 2 is 1.83 bits per heavy atom. The number of nitrogens with one attached hydrogen (secondary N) is 1. The van der Waals surface area contributed by atoms with Crippen LogP contribution < -0.4 is 5.32 Å². The number of aldehydes is 1. The van der Waals surface area contributed by atoms with Crippen LogP contribution in [0.15, 0.2) is 24.3 Å². The summed E-state index contributed by atoms with van der Waals surface area (Å²) in [4.78, 5) is 19.1. The fourth-order valence-corrected chi connectivity index (χ4v) is 1.80. The first-order valence-corrected chi connectivity index (χ1v) is 5.87. The first kappa shape index (κ1) is 12.8. The molecule has 0 saturated heterocycles. The lowest BCUT2D eigenvalue weighted by atomic mass is 10.3. The highest BCUT2D eigenvalue weighted by molar-refractivity contribution is 6.32. The molecular weight excluding hydrogens is 273 g/mol. The van der Waals surface area contributed by atoms with E-state index in [2.05, 4.69) is 15.3 Å². The predicted molar refractivity (Wildman–Crippen MR) is 71.9 cm³/mol. The van der Waals surface area contributed by atoms with Gasteiger partial charge in [-0.3, -0.25) is 4.79 Å². The molecule has 0 saturated carbocycles. The van der Waals surface area contributed by atoms with Crippen LogP contribution in [0.4, 0.5) is 11.5 Å². The molecule has 0 radical (unpaired) electrons. The lowest BCUT2D eigenvalue weighted by Gasteiger charge is -2.09. The molecule has 0 amide bonds. The zero-order valence-electron chi connectivity index (χ0n) is 9.45. The van der Waals surface area contributed by atoms with E-state index in [1.807, 2.05) is 0 Å². The minimum atomic E-state index is 0.133. The van der Waals surface area contributed by atoms with E-state index in [1.165, 1.54) is 0 Å². The molecule has 0 aliphatic rings. The summed E-state index contributed by atoms with van der Waals surface area (Å²) in [5.41, 5.74) is 0.994. The highest BCUT2D eigenvalue weighted by Crippen LogP contribution is 2.23. The molecule has 0 bridgehead atoms. The van der Waals surface area contributed by atoms with Crippen molar-refractivity contribution in [2.75, 3.05) is 5.32 Å². The molecule has 2 rings (SSSR count). The molecule has 6 heteroatoms. The van der Waals surface area contributed by atoms with Gasteiger partial charge >= 0.3 is 0 Å². The largest absolute Gasteiger partial charge is 0.339 e. The summed E-state index contributed by atoms with van der Waals surface area (Å²) in [6, 6.07) is 7.03. The van der Waals surface area contributed by atoms with Crippen LogP contribution in [0.3, 0.4) is 0 Å². The number of halogens is 2. The first-order chi connectivity index (χ1) is 8.60. The summed E-state index contributed by atoms with van der Waals surface area (Å²) < 4.78 is 0. The van der Waals surface area contributed by atoms with Crippen molar-refractivity contribution in [1.82, 2.24) is 9.97 Å². The molecule has 0 fully saturated rings. The van der Waals surface area contributed by atoms with Gasteiger partial charge in [-0.15, -0.1) is 0 Å². The van der Waals surface area contributed by atoms with Crippen molar-refractivity contribution in [1.29, 1.82) is 0 Å². The molecule has 1 heterocycles. The van der Waals surface area contributed by atoms with Gasteiger partial charge in [-0.1, -0.05) is 23.2 Å². The minimum absolute atomic E-state index is 0.133. The van der Waals surface area contributed by atoms with E-state index in [-0.39, 0.29) is 10.7 Å². The fraction of sp³-hybridized carbons (Fsp3) is 0.0833. The minimum Gasteiger partial charge on any atom is -0.339 e. The maximum Gasteiger partial charge on any atom is 0.156 e. The van der Waals surface area contributed by atoms with Gasteiger partial charge in [0.2, 0.25) is 0 Å². The van der Waals surface area contributed by atoms with Gasteiger partial charge in [0, 0.05) is 10.7 Å². The van der Waals surface area contributed by atoms with Crippen LogP contribution in [-0.4, -0.2) is 16.3 Å². The molecule has 0 aliphatic heterocycles. The van der Waals surface area contributed by atoms with E-state index in [0.717, 1.165) is 5.69 Å². The van der Waals surface area contributed by atoms with Gasteiger partial charge < -0.3 is 5.32 Å². The highest BCUT2D eigenvalue weighted by atomic mass is 35.5. The van der Waals surface area contributed by atoms with Gasteiger partial charge in [0.05, 0.1) is 5.56 Å². The SMILES string of the molecule is Cc1nc(Cl)c(C=O)c(Nc2ccc(Cl)cc2)n1. The van der Waals surface area contributed by atoms with Gasteiger partial charge in [0.25, 0.3) is 0 Å². The van der Waals surface area contributed by atoms with E-state index in [4.69, 9.17) is 23.2 Å². The Morgan fingerprint density at radius 1 is 1.17 bits per heavy atom. The number of rotatable bonds is 3. The lowest BCUT2D eigenvalue weighted by molar-refractivity contribution is 0.112. The van der Waals surface area contributed by atoms with E-state index >= 15 is 0 Å². The molecule has 92 valence electrons. The van der Waals surface area contributed by atoms with Crippen molar-refractivity contribution in [3.63, 3.8) is 0 Å². The number of aromatic nitrogens is 2. The smallest absolute Gasteiger partial charge is 0.156 e. The standard InChI is InChI=1S/C12H9Cl2N3O/c1-7-15-11(14)10(6-18)12(16-7)17-9-4-2-8(13)3-5-9/h2-6H,1H3,(H,15,16,17). The van der Waals surface area contributed by atoms with Gasteiger partial charge in [-0.05, 0) is 31.2 Å². The molecule has 1 aromatic heterocycles. The molecule has 0 aliphatic carbocycles. The molecule has 1 aromatic carbocycles. The van der Waals surface area contributed by atoms with Gasteiger partial charge in [0.15, 0.2) is 6.29 Å². The second-order valence-corrected chi connectivity index (χ2v) is 4.37. The van der Waals surface area contributed by atoms with E-state index in [9.17, 15) is 4.79 Å². The van der Waals surface area contributed by atoms with Crippen LogP contribution in [0.1, 0.15) is 16.2 Å². The number of nitrogens with zero attached hydrogens (tertiary/aromatic N) is 2. The summed E-state index contributed by atoms with van der Waals surface area (Å²) in [7, 11) is 0. The Morgan fingerprint density at radius 3 is 2.44 bits per heavy atom. The molecule has 0 atom stereocenters. The second-order valence-electron chi connectivity index (χ2n) is 3.57. The van der Waals surface area contributed by atoms with Crippen molar-refractivity contribution >= 4 is 41.0 Å². The summed E-state index contributed by atoms with van der Waals surface area (Å²) in [5.74, 6) is 0.867. The topological polar surface area (TPSA) is 54.9 Å². The van der Waals surface area contributed by atoms with Crippen LogP contribution in [-0.2, 0) is 0 Å². The normalized spacial score (nSPS) is 10.2. The van der Waals surface area contributed by atoms with E-state index in [0.29, 0.717) is 23.0 Å². The lowest BCUT2D eigenvalue weighted by Crippen LogP contribution is -2.03. The number of aryl methyl sites for hydroxylation is 1. The van der Waals surface area contributed by atoms with Crippen LogP contribution >= 0.6 is 23.2 Å².